The summed E-state index contributed by atoms with van der Waals surface area (Å²) < 4.78 is 5.38. The van der Waals surface area contributed by atoms with E-state index >= 15 is 0 Å². The molecule has 120 valence electrons. The lowest BCUT2D eigenvalue weighted by atomic mass is 10.3. The van der Waals surface area contributed by atoms with Crippen molar-refractivity contribution < 1.29 is 9.21 Å². The molecule has 0 radical (unpaired) electrons. The van der Waals surface area contributed by atoms with Crippen LogP contribution >= 0.6 is 22.7 Å². The highest BCUT2D eigenvalue weighted by molar-refractivity contribution is 7.10. The quantitative estimate of drug-likeness (QED) is 0.691. The molecule has 0 saturated heterocycles. The van der Waals surface area contributed by atoms with Crippen molar-refractivity contribution in [3.63, 3.8) is 0 Å². The molecule has 0 aromatic carbocycles. The minimum atomic E-state index is -0.0636. The molecule has 6 heteroatoms. The van der Waals surface area contributed by atoms with E-state index in [1.807, 2.05) is 35.7 Å². The Hall–Kier alpha value is -2.05. The second-order valence-electron chi connectivity index (χ2n) is 5.08. The van der Waals surface area contributed by atoms with Crippen LogP contribution in [0, 0.1) is 0 Å². The van der Waals surface area contributed by atoms with Gasteiger partial charge in [0.2, 0.25) is 0 Å². The topological polar surface area (TPSA) is 45.5 Å². The van der Waals surface area contributed by atoms with E-state index in [-0.39, 0.29) is 6.03 Å². The second kappa shape index (κ2) is 7.99. The normalized spacial score (nSPS) is 10.6. The number of carbonyl (C=O) groups is 1. The van der Waals surface area contributed by atoms with Gasteiger partial charge >= 0.3 is 6.03 Å². The standard InChI is InChI=1S/C17H18N2O2S2/c20-17(18-8-7-15-5-2-10-22-15)19(12-14-4-1-9-21-14)13-16-6-3-11-23-16/h1-6,9-11H,7-8,12-13H2,(H,18,20). The number of rotatable bonds is 7. The Bertz CT molecular complexity index is 655. The lowest BCUT2D eigenvalue weighted by Crippen LogP contribution is -2.39. The average Bonchev–Trinajstić information content (AvgIpc) is 3.30. The highest BCUT2D eigenvalue weighted by Crippen LogP contribution is 2.15. The van der Waals surface area contributed by atoms with Crippen LogP contribution in [0.1, 0.15) is 15.5 Å². The van der Waals surface area contributed by atoms with Crippen molar-refractivity contribution in [1.29, 1.82) is 0 Å². The maximum absolute atomic E-state index is 12.5. The number of nitrogens with zero attached hydrogens (tertiary/aromatic N) is 1. The van der Waals surface area contributed by atoms with E-state index in [0.29, 0.717) is 19.6 Å². The van der Waals surface area contributed by atoms with Crippen molar-refractivity contribution >= 4 is 28.7 Å². The molecule has 0 aliphatic rings. The van der Waals surface area contributed by atoms with Gasteiger partial charge in [-0.3, -0.25) is 0 Å². The Morgan fingerprint density at radius 2 is 1.83 bits per heavy atom. The van der Waals surface area contributed by atoms with Gasteiger partial charge in [0.05, 0.1) is 19.4 Å². The fourth-order valence-electron chi connectivity index (χ4n) is 2.24. The first-order chi connectivity index (χ1) is 11.3. The molecule has 0 aliphatic carbocycles. The summed E-state index contributed by atoms with van der Waals surface area (Å²) in [5.74, 6) is 0.787. The van der Waals surface area contributed by atoms with Gasteiger partial charge in [0.1, 0.15) is 5.76 Å². The Morgan fingerprint density at radius 1 is 1.04 bits per heavy atom. The summed E-state index contributed by atoms with van der Waals surface area (Å²) in [5, 5.41) is 7.08. The molecule has 1 N–H and O–H groups in total. The molecule has 4 nitrogen and oxygen atoms in total. The number of urea groups is 1. The van der Waals surface area contributed by atoms with Crippen molar-refractivity contribution in [2.45, 2.75) is 19.5 Å². The molecule has 23 heavy (non-hydrogen) atoms. The van der Waals surface area contributed by atoms with Gasteiger partial charge in [-0.1, -0.05) is 12.1 Å². The lowest BCUT2D eigenvalue weighted by Gasteiger charge is -2.21. The molecular weight excluding hydrogens is 328 g/mol. The average molecular weight is 346 g/mol. The van der Waals surface area contributed by atoms with Gasteiger partial charge in [0.15, 0.2) is 0 Å². The molecule has 0 spiro atoms. The van der Waals surface area contributed by atoms with Crippen molar-refractivity contribution in [1.82, 2.24) is 10.2 Å². The van der Waals surface area contributed by atoms with E-state index in [1.165, 1.54) is 4.88 Å². The highest BCUT2D eigenvalue weighted by atomic mass is 32.1. The molecular formula is C17H18N2O2S2. The van der Waals surface area contributed by atoms with Crippen LogP contribution in [0.5, 0.6) is 0 Å². The predicted octanol–water partition coefficient (Wildman–Crippen LogP) is 4.36. The summed E-state index contributed by atoms with van der Waals surface area (Å²) >= 11 is 3.36. The van der Waals surface area contributed by atoms with Gasteiger partial charge in [-0.25, -0.2) is 4.79 Å². The van der Waals surface area contributed by atoms with Crippen LogP contribution < -0.4 is 5.32 Å². The molecule has 0 atom stereocenters. The number of carbonyl (C=O) groups excluding carboxylic acids is 1. The third-order valence-electron chi connectivity index (χ3n) is 3.37. The Kier molecular flexibility index (Phi) is 5.50. The van der Waals surface area contributed by atoms with Crippen molar-refractivity contribution in [3.8, 4) is 0 Å². The van der Waals surface area contributed by atoms with Crippen molar-refractivity contribution in [2.75, 3.05) is 6.54 Å². The molecule has 3 aromatic rings. The summed E-state index contributed by atoms with van der Waals surface area (Å²) in [6, 6.07) is 11.8. The lowest BCUT2D eigenvalue weighted by molar-refractivity contribution is 0.188. The Balaban J connectivity index is 1.58. The zero-order chi connectivity index (χ0) is 15.9. The van der Waals surface area contributed by atoms with E-state index in [2.05, 4.69) is 16.8 Å². The number of nitrogens with one attached hydrogen (secondary N) is 1. The van der Waals surface area contributed by atoms with Crippen LogP contribution in [0.3, 0.4) is 0 Å². The van der Waals surface area contributed by atoms with Crippen LogP contribution in [0.15, 0.2) is 57.8 Å². The van der Waals surface area contributed by atoms with Crippen molar-refractivity contribution in [2.24, 2.45) is 0 Å². The van der Waals surface area contributed by atoms with Crippen LogP contribution in [-0.4, -0.2) is 17.5 Å². The summed E-state index contributed by atoms with van der Waals surface area (Å²) in [6.45, 7) is 1.69. The zero-order valence-electron chi connectivity index (χ0n) is 12.6. The molecule has 0 bridgehead atoms. The first-order valence-corrected chi connectivity index (χ1v) is 9.17. The van der Waals surface area contributed by atoms with Crippen LogP contribution in [0.2, 0.25) is 0 Å². The van der Waals surface area contributed by atoms with E-state index < -0.39 is 0 Å². The number of hydrogen-bond donors (Lipinski definition) is 1. The summed E-state index contributed by atoms with van der Waals surface area (Å²) in [6.07, 6.45) is 2.49. The number of amides is 2. The highest BCUT2D eigenvalue weighted by Gasteiger charge is 2.16. The van der Waals surface area contributed by atoms with E-state index in [4.69, 9.17) is 4.42 Å². The molecule has 0 aliphatic heterocycles. The molecule has 0 fully saturated rings. The van der Waals surface area contributed by atoms with Gasteiger partial charge < -0.3 is 14.6 Å². The van der Waals surface area contributed by atoms with Crippen LogP contribution in [0.4, 0.5) is 4.79 Å². The largest absolute Gasteiger partial charge is 0.467 e. The monoisotopic (exact) mass is 346 g/mol. The minimum absolute atomic E-state index is 0.0636. The molecule has 2 amide bonds. The maximum atomic E-state index is 12.5. The predicted molar refractivity (Wildman–Crippen MR) is 93.7 cm³/mol. The van der Waals surface area contributed by atoms with Gasteiger partial charge in [-0.15, -0.1) is 22.7 Å². The summed E-state index contributed by atoms with van der Waals surface area (Å²) in [7, 11) is 0. The van der Waals surface area contributed by atoms with Gasteiger partial charge in [-0.2, -0.15) is 0 Å². The first kappa shape index (κ1) is 15.8. The van der Waals surface area contributed by atoms with Crippen molar-refractivity contribution in [3.05, 3.63) is 68.9 Å². The van der Waals surface area contributed by atoms with Gasteiger partial charge in [-0.05, 0) is 41.4 Å². The molecule has 0 saturated carbocycles. The number of furan rings is 1. The fraction of sp³-hybridized carbons (Fsp3) is 0.235. The fourth-order valence-corrected chi connectivity index (χ4v) is 3.67. The maximum Gasteiger partial charge on any atom is 0.318 e. The first-order valence-electron chi connectivity index (χ1n) is 7.41. The third-order valence-corrected chi connectivity index (χ3v) is 5.17. The Labute approximate surface area is 143 Å². The van der Waals surface area contributed by atoms with Gasteiger partial charge in [0.25, 0.3) is 0 Å². The molecule has 0 unspecified atom stereocenters. The van der Waals surface area contributed by atoms with Gasteiger partial charge in [0, 0.05) is 16.3 Å². The molecule has 3 heterocycles. The Morgan fingerprint density at radius 3 is 2.48 bits per heavy atom. The summed E-state index contributed by atoms with van der Waals surface area (Å²) in [5.41, 5.74) is 0. The molecule has 3 rings (SSSR count). The van der Waals surface area contributed by atoms with E-state index in [0.717, 1.165) is 17.1 Å². The number of thiophene rings is 2. The second-order valence-corrected chi connectivity index (χ2v) is 7.14. The summed E-state index contributed by atoms with van der Waals surface area (Å²) in [4.78, 5) is 16.7. The van der Waals surface area contributed by atoms with Crippen LogP contribution in [0.25, 0.3) is 0 Å². The van der Waals surface area contributed by atoms with E-state index in [1.54, 1.807) is 33.8 Å². The zero-order valence-corrected chi connectivity index (χ0v) is 14.2. The SMILES string of the molecule is O=C(NCCc1cccs1)N(Cc1ccco1)Cc1cccs1. The smallest absolute Gasteiger partial charge is 0.318 e. The number of hydrogen-bond acceptors (Lipinski definition) is 4. The van der Waals surface area contributed by atoms with E-state index in [9.17, 15) is 4.79 Å². The third kappa shape index (κ3) is 4.71. The minimum Gasteiger partial charge on any atom is -0.467 e. The van der Waals surface area contributed by atoms with Crippen LogP contribution in [-0.2, 0) is 19.5 Å². The molecule has 3 aromatic heterocycles.